The molecule has 36 heavy (non-hydrogen) atoms. The topological polar surface area (TPSA) is 115 Å². The van der Waals surface area contributed by atoms with Crippen LogP contribution in [0.2, 0.25) is 0 Å². The van der Waals surface area contributed by atoms with Gasteiger partial charge in [0.15, 0.2) is 0 Å². The predicted octanol–water partition coefficient (Wildman–Crippen LogP) is 5.14. The second-order valence-corrected chi connectivity index (χ2v) is 12.4. The first-order chi connectivity index (χ1) is 16.9. The van der Waals surface area contributed by atoms with Crippen LogP contribution in [-0.4, -0.2) is 75.0 Å². The van der Waals surface area contributed by atoms with Crippen LogP contribution in [0.4, 0.5) is 0 Å². The first kappa shape index (κ1) is 34.7. The molecule has 1 atom stereocenters. The van der Waals surface area contributed by atoms with Crippen LogP contribution in [0, 0.1) is 5.92 Å². The van der Waals surface area contributed by atoms with Gasteiger partial charge >= 0.3 is 5.97 Å². The third kappa shape index (κ3) is 21.9. The van der Waals surface area contributed by atoms with Gasteiger partial charge in [0.2, 0.25) is 0 Å². The molecule has 0 amide bonds. The van der Waals surface area contributed by atoms with Gasteiger partial charge < -0.3 is 14.0 Å². The molecule has 0 saturated heterocycles. The van der Waals surface area contributed by atoms with Crippen LogP contribution >= 0.6 is 0 Å². The zero-order chi connectivity index (χ0) is 27.5. The number of carbonyl (C=O) groups excluding carboxylic acids is 3. The lowest BCUT2D eigenvalue weighted by Gasteiger charge is -2.29. The number of hydrogen-bond acceptors (Lipinski definition) is 6. The van der Waals surface area contributed by atoms with E-state index in [9.17, 15) is 22.8 Å². The maximum Gasteiger partial charge on any atom is 0.309 e. The highest BCUT2D eigenvalue weighted by molar-refractivity contribution is 7.85. The largest absolute Gasteiger partial charge is 0.469 e. The molecule has 0 aromatic carbocycles. The number of carbonyl (C=O) groups is 3. The molecule has 9 heteroatoms. The molecule has 0 aliphatic rings. The minimum atomic E-state index is -3.87. The van der Waals surface area contributed by atoms with Gasteiger partial charge in [0.1, 0.15) is 11.6 Å². The van der Waals surface area contributed by atoms with E-state index in [4.69, 9.17) is 9.29 Å². The fourth-order valence-electron chi connectivity index (χ4n) is 4.50. The fraction of sp³-hybridized carbons (Fsp3) is 0.889. The van der Waals surface area contributed by atoms with Crippen molar-refractivity contribution in [2.75, 3.05) is 40.0 Å². The number of hydrogen-bond donors (Lipinski definition) is 1. The zero-order valence-electron chi connectivity index (χ0n) is 23.3. The van der Waals surface area contributed by atoms with E-state index >= 15 is 0 Å². The van der Waals surface area contributed by atoms with Crippen LogP contribution in [0.5, 0.6) is 0 Å². The number of methoxy groups -OCH3 is 1. The van der Waals surface area contributed by atoms with Crippen molar-refractivity contribution in [2.45, 2.75) is 110 Å². The summed E-state index contributed by atoms with van der Waals surface area (Å²) in [6, 6.07) is 0. The summed E-state index contributed by atoms with van der Waals surface area (Å²) in [7, 11) is 1.68. The number of quaternary nitrogens is 1. The van der Waals surface area contributed by atoms with E-state index in [-0.39, 0.29) is 35.6 Å². The SMILES string of the molecule is COC(=O)C(CCCCCC(C)=O)CC(=O)CCCCCCCCCC[N+](C)(C)CCCS(=O)(=O)O. The average Bonchev–Trinajstić information content (AvgIpc) is 2.77. The number of ketones is 2. The third-order valence-electron chi connectivity index (χ3n) is 6.72. The van der Waals surface area contributed by atoms with Crippen molar-refractivity contribution in [3.63, 3.8) is 0 Å². The summed E-state index contributed by atoms with van der Waals surface area (Å²) in [6.07, 6.45) is 13.8. The lowest BCUT2D eigenvalue weighted by Crippen LogP contribution is -2.41. The minimum Gasteiger partial charge on any atom is -0.469 e. The summed E-state index contributed by atoms with van der Waals surface area (Å²) in [6.45, 7) is 3.32. The van der Waals surface area contributed by atoms with Crippen molar-refractivity contribution in [3.8, 4) is 0 Å². The molecule has 0 radical (unpaired) electrons. The minimum absolute atomic E-state index is 0.131. The number of Topliss-reactive ketones (excluding diaryl/α,β-unsaturated/α-hetero) is 2. The number of ether oxygens (including phenoxy) is 1. The smallest absolute Gasteiger partial charge is 0.309 e. The molecule has 212 valence electrons. The average molecular weight is 535 g/mol. The molecule has 0 aromatic heterocycles. The van der Waals surface area contributed by atoms with Gasteiger partial charge in [-0.2, -0.15) is 8.42 Å². The highest BCUT2D eigenvalue weighted by atomic mass is 32.2. The molecule has 0 aliphatic heterocycles. The maximum atomic E-state index is 12.4. The molecular formula is C27H52NO7S+. The Morgan fingerprint density at radius 3 is 1.83 bits per heavy atom. The van der Waals surface area contributed by atoms with Crippen molar-refractivity contribution in [1.29, 1.82) is 0 Å². The van der Waals surface area contributed by atoms with Gasteiger partial charge in [0.05, 0.1) is 46.0 Å². The maximum absolute atomic E-state index is 12.4. The summed E-state index contributed by atoms with van der Waals surface area (Å²) in [4.78, 5) is 35.4. The van der Waals surface area contributed by atoms with E-state index in [2.05, 4.69) is 14.1 Å². The first-order valence-electron chi connectivity index (χ1n) is 13.7. The quantitative estimate of drug-likeness (QED) is 0.0789. The first-order valence-corrected chi connectivity index (χ1v) is 15.3. The Kier molecular flexibility index (Phi) is 19.0. The standard InChI is InChI=1S/C27H51NO7S/c1-24(29)17-12-11-13-18-25(27(31)35-4)23-26(30)19-14-9-7-5-6-8-10-15-20-28(2,3)21-16-22-36(32,33)34/h25H,5-23H2,1-4H3/p+1. The lowest BCUT2D eigenvalue weighted by molar-refractivity contribution is -0.890. The van der Waals surface area contributed by atoms with Gasteiger partial charge in [-0.05, 0) is 39.0 Å². The predicted molar refractivity (Wildman–Crippen MR) is 143 cm³/mol. The summed E-state index contributed by atoms with van der Waals surface area (Å²) in [5.74, 6) is -0.537. The van der Waals surface area contributed by atoms with E-state index < -0.39 is 10.1 Å². The normalized spacial score (nSPS) is 12.9. The van der Waals surface area contributed by atoms with Crippen LogP contribution in [-0.2, 0) is 29.2 Å². The Balaban J connectivity index is 3.84. The Morgan fingerprint density at radius 1 is 0.778 bits per heavy atom. The molecule has 0 aliphatic carbocycles. The molecular weight excluding hydrogens is 482 g/mol. The monoisotopic (exact) mass is 534 g/mol. The Morgan fingerprint density at radius 2 is 1.28 bits per heavy atom. The van der Waals surface area contributed by atoms with Gasteiger partial charge in [-0.1, -0.05) is 44.9 Å². The van der Waals surface area contributed by atoms with Crippen molar-refractivity contribution in [1.82, 2.24) is 0 Å². The van der Waals surface area contributed by atoms with Crippen LogP contribution in [0.25, 0.3) is 0 Å². The molecule has 0 spiro atoms. The van der Waals surface area contributed by atoms with Crippen LogP contribution in [0.3, 0.4) is 0 Å². The Labute approximate surface area is 219 Å². The van der Waals surface area contributed by atoms with Gasteiger partial charge in [0.25, 0.3) is 10.1 Å². The second-order valence-electron chi connectivity index (χ2n) is 10.9. The number of rotatable bonds is 24. The van der Waals surface area contributed by atoms with Crippen LogP contribution in [0.15, 0.2) is 0 Å². The van der Waals surface area contributed by atoms with Crippen LogP contribution in [0.1, 0.15) is 110 Å². The Hall–Kier alpha value is -1.32. The van der Waals surface area contributed by atoms with E-state index in [0.29, 0.717) is 25.7 Å². The van der Waals surface area contributed by atoms with E-state index in [0.717, 1.165) is 75.4 Å². The fourth-order valence-corrected chi connectivity index (χ4v) is 4.99. The summed E-state index contributed by atoms with van der Waals surface area (Å²) < 4.78 is 36.1. The van der Waals surface area contributed by atoms with Gasteiger partial charge in [-0.3, -0.25) is 14.1 Å². The van der Waals surface area contributed by atoms with Crippen molar-refractivity contribution in [2.24, 2.45) is 5.92 Å². The van der Waals surface area contributed by atoms with E-state index in [1.54, 1.807) is 6.92 Å². The second kappa shape index (κ2) is 19.7. The molecule has 1 N–H and O–H groups in total. The highest BCUT2D eigenvalue weighted by Crippen LogP contribution is 2.19. The Bertz CT molecular complexity index is 734. The molecule has 0 bridgehead atoms. The molecule has 0 heterocycles. The molecule has 0 rings (SSSR count). The number of esters is 1. The lowest BCUT2D eigenvalue weighted by atomic mass is 9.93. The van der Waals surface area contributed by atoms with E-state index in [1.807, 2.05) is 0 Å². The number of unbranched alkanes of at least 4 members (excludes halogenated alkanes) is 9. The molecule has 0 saturated carbocycles. The van der Waals surface area contributed by atoms with Crippen molar-refractivity contribution in [3.05, 3.63) is 0 Å². The van der Waals surface area contributed by atoms with Gasteiger partial charge in [-0.15, -0.1) is 0 Å². The summed E-state index contributed by atoms with van der Waals surface area (Å²) in [5.41, 5.74) is 0. The highest BCUT2D eigenvalue weighted by Gasteiger charge is 2.22. The van der Waals surface area contributed by atoms with Gasteiger partial charge in [-0.25, -0.2) is 0 Å². The van der Waals surface area contributed by atoms with Gasteiger partial charge in [0, 0.05) is 25.7 Å². The molecule has 0 fully saturated rings. The van der Waals surface area contributed by atoms with Crippen LogP contribution < -0.4 is 0 Å². The number of nitrogens with zero attached hydrogens (tertiary/aromatic N) is 1. The summed E-state index contributed by atoms with van der Waals surface area (Å²) in [5, 5.41) is 0. The van der Waals surface area contributed by atoms with Crippen molar-refractivity contribution < 1.29 is 36.6 Å². The molecule has 0 aromatic rings. The molecule has 8 nitrogen and oxygen atoms in total. The van der Waals surface area contributed by atoms with Crippen molar-refractivity contribution >= 4 is 27.7 Å². The van der Waals surface area contributed by atoms with E-state index in [1.165, 1.54) is 20.0 Å². The third-order valence-corrected chi connectivity index (χ3v) is 7.53. The molecule has 1 unspecified atom stereocenters. The summed E-state index contributed by atoms with van der Waals surface area (Å²) >= 11 is 0. The zero-order valence-corrected chi connectivity index (χ0v) is 24.1.